The molecule has 23 heteroatoms. The third-order valence-electron chi connectivity index (χ3n) is 11.8. The molecule has 9 aromatic rings. The molecule has 9 rings (SSSR count). The largest absolute Gasteiger partial charge is 0.505 e. The number of ether oxygens (including phenoxy) is 2. The minimum absolute atomic E-state index is 0.0231. The number of carboxylic acid groups (broad SMARTS) is 1. The average Bonchev–Trinajstić information content (AvgIpc) is 3.82. The van der Waals surface area contributed by atoms with Crippen molar-refractivity contribution in [1.82, 2.24) is 15.0 Å². The van der Waals surface area contributed by atoms with E-state index in [0.29, 0.717) is 55.4 Å². The summed E-state index contributed by atoms with van der Waals surface area (Å²) in [6, 6.07) is 35.0. The van der Waals surface area contributed by atoms with E-state index in [0.717, 1.165) is 27.3 Å². The summed E-state index contributed by atoms with van der Waals surface area (Å²) in [5.74, 6) is -0.992. The number of methoxy groups -OCH3 is 1. The van der Waals surface area contributed by atoms with Crippen LogP contribution in [-0.2, 0) is 20.2 Å². The highest BCUT2D eigenvalue weighted by Gasteiger charge is 2.19. The highest BCUT2D eigenvalue weighted by atomic mass is 32.2. The van der Waals surface area contributed by atoms with Gasteiger partial charge in [0.1, 0.15) is 39.6 Å². The van der Waals surface area contributed by atoms with Gasteiger partial charge in [-0.15, -0.1) is 25.2 Å². The number of hydrogen-bond acceptors (Lipinski definition) is 17. The second kappa shape index (κ2) is 20.8. The van der Waals surface area contributed by atoms with E-state index in [-0.39, 0.29) is 63.3 Å². The molecule has 8 aromatic carbocycles. The standard InChI is InChI=1S/C52H44N10O11S2/c1-29-23-45(30(2)22-44(29)57-55-43-18-8-33-25-35(11-16-39(33)51(43)63)53-34-9-13-37(72-4)14-10-34)58-59-47-24-31(3)46(28-49(47)73-20-5-21-74(66,67)68)56-54-36-12-19-48(41(26-36)52(64)65)62-60-42-17-7-32-6-15-38(75(69,70)71)27-40(32)50(42)61-62/h6-19,22-28,53,63H,5,20-21H2,1-4H3,(H,64,65)(H,66,67,68)(H,69,70,71). The van der Waals surface area contributed by atoms with Crippen LogP contribution in [0.4, 0.5) is 45.5 Å². The van der Waals surface area contributed by atoms with Crippen LogP contribution in [0.5, 0.6) is 17.2 Å². The molecule has 75 heavy (non-hydrogen) atoms. The van der Waals surface area contributed by atoms with Crippen LogP contribution in [0.2, 0.25) is 0 Å². The van der Waals surface area contributed by atoms with E-state index in [9.17, 15) is 40.9 Å². The molecule has 1 heterocycles. The summed E-state index contributed by atoms with van der Waals surface area (Å²) in [6.45, 7) is 5.25. The Morgan fingerprint density at radius 3 is 1.95 bits per heavy atom. The van der Waals surface area contributed by atoms with Crippen molar-refractivity contribution in [2.45, 2.75) is 32.1 Å². The van der Waals surface area contributed by atoms with Crippen LogP contribution in [0.1, 0.15) is 33.5 Å². The molecule has 0 radical (unpaired) electrons. The number of phenols is 1. The van der Waals surface area contributed by atoms with Gasteiger partial charge in [-0.2, -0.15) is 37.3 Å². The van der Waals surface area contributed by atoms with Crippen LogP contribution in [-0.4, -0.2) is 76.6 Å². The van der Waals surface area contributed by atoms with Crippen molar-refractivity contribution in [3.8, 4) is 22.9 Å². The van der Waals surface area contributed by atoms with Crippen LogP contribution in [0.25, 0.3) is 38.3 Å². The Kier molecular flexibility index (Phi) is 14.1. The number of benzene rings is 8. The van der Waals surface area contributed by atoms with Gasteiger partial charge >= 0.3 is 5.97 Å². The lowest BCUT2D eigenvalue weighted by Crippen LogP contribution is -2.08. The second-order valence-electron chi connectivity index (χ2n) is 17.1. The molecule has 21 nitrogen and oxygen atoms in total. The fourth-order valence-electron chi connectivity index (χ4n) is 7.89. The van der Waals surface area contributed by atoms with Crippen molar-refractivity contribution >= 4 is 104 Å². The molecule has 0 aliphatic carbocycles. The van der Waals surface area contributed by atoms with Crippen LogP contribution >= 0.6 is 0 Å². The zero-order valence-corrected chi connectivity index (χ0v) is 41.9. The molecular weight excluding hydrogens is 1000 g/mol. The first-order valence-corrected chi connectivity index (χ1v) is 25.8. The first-order valence-electron chi connectivity index (χ1n) is 22.7. The van der Waals surface area contributed by atoms with E-state index in [1.807, 2.05) is 62.4 Å². The SMILES string of the molecule is COc1ccc(Nc2ccc3c(O)c(N=Nc4cc(C)c(N=Nc5cc(C)c(N=Nc6ccc(-n7nc8ccc9ccc(S(=O)(=O)O)cc9c8n7)c(C(=O)O)c6)cc5OCCCS(=O)(=O)O)cc4C)ccc3c2)cc1. The molecular formula is C52H44N10O11S2. The van der Waals surface area contributed by atoms with Gasteiger partial charge in [-0.1, -0.05) is 18.2 Å². The maximum absolute atomic E-state index is 12.6. The number of fused-ring (bicyclic) bond motifs is 4. The molecule has 0 fully saturated rings. The number of nitrogens with zero attached hydrogens (tertiary/aromatic N) is 9. The minimum atomic E-state index is -4.52. The Bertz CT molecular complexity index is 4070. The molecule has 0 amide bonds. The van der Waals surface area contributed by atoms with Crippen molar-refractivity contribution in [2.75, 3.05) is 24.8 Å². The van der Waals surface area contributed by atoms with E-state index in [1.54, 1.807) is 50.4 Å². The van der Waals surface area contributed by atoms with Gasteiger partial charge in [0.2, 0.25) is 0 Å². The number of aromatic nitrogens is 3. The number of aromatic hydroxyl groups is 1. The number of azo groups is 3. The summed E-state index contributed by atoms with van der Waals surface area (Å²) in [6.07, 6.45) is -0.0535. The third kappa shape index (κ3) is 11.6. The van der Waals surface area contributed by atoms with Crippen molar-refractivity contribution in [1.29, 1.82) is 0 Å². The number of hydrogen-bond donors (Lipinski definition) is 5. The lowest BCUT2D eigenvalue weighted by molar-refractivity contribution is 0.0696. The first kappa shape index (κ1) is 50.9. The topological polar surface area (TPSA) is 302 Å². The van der Waals surface area contributed by atoms with Crippen LogP contribution < -0.4 is 14.8 Å². The number of phenolic OH excluding ortho intramolecular Hbond substituents is 1. The number of aromatic carboxylic acids is 1. The molecule has 0 aliphatic heterocycles. The predicted molar refractivity (Wildman–Crippen MR) is 281 cm³/mol. The zero-order chi connectivity index (χ0) is 53.2. The predicted octanol–water partition coefficient (Wildman–Crippen LogP) is 13.0. The zero-order valence-electron chi connectivity index (χ0n) is 40.2. The van der Waals surface area contributed by atoms with Gasteiger partial charge in [0.25, 0.3) is 20.2 Å². The Morgan fingerprint density at radius 2 is 1.27 bits per heavy atom. The van der Waals surface area contributed by atoms with Crippen molar-refractivity contribution in [3.05, 3.63) is 150 Å². The lowest BCUT2D eigenvalue weighted by Gasteiger charge is -2.11. The summed E-state index contributed by atoms with van der Waals surface area (Å²) in [5.41, 5.74) is 6.12. The number of aryl methyl sites for hydroxylation is 3. The van der Waals surface area contributed by atoms with E-state index in [4.69, 9.17) is 9.47 Å². The molecule has 0 spiro atoms. The normalized spacial score (nSPS) is 12.2. The van der Waals surface area contributed by atoms with Crippen LogP contribution in [0.3, 0.4) is 0 Å². The smallest absolute Gasteiger partial charge is 0.338 e. The van der Waals surface area contributed by atoms with Crippen LogP contribution in [0, 0.1) is 20.8 Å². The molecule has 0 saturated carbocycles. The summed E-state index contributed by atoms with van der Waals surface area (Å²) in [4.78, 5) is 13.4. The molecule has 0 unspecified atom stereocenters. The van der Waals surface area contributed by atoms with Crippen molar-refractivity contribution in [3.63, 3.8) is 0 Å². The monoisotopic (exact) mass is 1050 g/mol. The van der Waals surface area contributed by atoms with Crippen LogP contribution in [0.15, 0.2) is 163 Å². The highest BCUT2D eigenvalue weighted by molar-refractivity contribution is 7.86. The van der Waals surface area contributed by atoms with E-state index in [1.165, 1.54) is 42.5 Å². The fraction of sp³-hybridized carbons (Fsp3) is 0.135. The minimum Gasteiger partial charge on any atom is -0.505 e. The maximum atomic E-state index is 12.6. The Morgan fingerprint density at radius 1 is 0.640 bits per heavy atom. The average molecular weight is 1050 g/mol. The van der Waals surface area contributed by atoms with E-state index in [2.05, 4.69) is 46.2 Å². The summed E-state index contributed by atoms with van der Waals surface area (Å²) in [7, 11) is -7.17. The van der Waals surface area contributed by atoms with Gasteiger partial charge in [0.05, 0.1) is 52.7 Å². The number of rotatable bonds is 17. The molecule has 380 valence electrons. The molecule has 0 atom stereocenters. The van der Waals surface area contributed by atoms with E-state index >= 15 is 0 Å². The first-order chi connectivity index (χ1) is 35.8. The van der Waals surface area contributed by atoms with Gasteiger partial charge in [-0.25, -0.2) is 4.79 Å². The van der Waals surface area contributed by atoms with Gasteiger partial charge in [-0.05, 0) is 158 Å². The summed E-state index contributed by atoms with van der Waals surface area (Å²) < 4.78 is 76.8. The fourth-order valence-corrected chi connectivity index (χ4v) is 8.88. The maximum Gasteiger partial charge on any atom is 0.338 e. The molecule has 0 aliphatic rings. The van der Waals surface area contributed by atoms with Gasteiger partial charge in [-0.3, -0.25) is 9.11 Å². The molecule has 0 saturated heterocycles. The molecule has 5 N–H and O–H groups in total. The Hall–Kier alpha value is -9.03. The van der Waals surface area contributed by atoms with Gasteiger partial charge < -0.3 is 25.0 Å². The van der Waals surface area contributed by atoms with Gasteiger partial charge in [0, 0.05) is 28.2 Å². The number of nitrogens with one attached hydrogen (secondary N) is 1. The Labute approximate surface area is 428 Å². The number of anilines is 2. The number of carboxylic acids is 1. The summed E-state index contributed by atoms with van der Waals surface area (Å²) >= 11 is 0. The summed E-state index contributed by atoms with van der Waals surface area (Å²) in [5, 5.41) is 62.6. The molecule has 0 bridgehead atoms. The Balaban J connectivity index is 0.949. The quantitative estimate of drug-likeness (QED) is 0.0322. The highest BCUT2D eigenvalue weighted by Crippen LogP contribution is 2.40. The van der Waals surface area contributed by atoms with Crippen molar-refractivity contribution in [2.24, 2.45) is 30.7 Å². The molecule has 1 aromatic heterocycles. The van der Waals surface area contributed by atoms with E-state index < -0.39 is 32.0 Å². The second-order valence-corrected chi connectivity index (χ2v) is 20.1. The van der Waals surface area contributed by atoms with Crippen molar-refractivity contribution < 1.29 is 50.4 Å². The number of carbonyl (C=O) groups is 1. The third-order valence-corrected chi connectivity index (χ3v) is 13.5. The van der Waals surface area contributed by atoms with Gasteiger partial charge in [0.15, 0.2) is 5.75 Å². The lowest BCUT2D eigenvalue weighted by atomic mass is 10.1.